The Labute approximate surface area is 133 Å². The van der Waals surface area contributed by atoms with Crippen LogP contribution in [-0.4, -0.2) is 25.5 Å². The SMILES string of the molecule is Cc1ccc(-c2nc(NC(=O)C3CC3)cn3nc(Br)nc23)o1. The summed E-state index contributed by atoms with van der Waals surface area (Å²) in [5.74, 6) is 1.90. The standard InChI is InChI=1S/C14H12BrN5O2/c1-7-2-5-9(22-7)11-12-18-14(15)19-20(12)6-10(16-11)17-13(21)8-3-4-8/h2,5-6,8H,3-4H2,1H3,(H,17,21). The number of rotatable bonds is 3. The molecule has 4 rings (SSSR count). The molecular weight excluding hydrogens is 350 g/mol. The molecule has 0 saturated heterocycles. The third-order valence-electron chi connectivity index (χ3n) is 3.47. The van der Waals surface area contributed by atoms with Crippen molar-refractivity contribution in [1.29, 1.82) is 0 Å². The van der Waals surface area contributed by atoms with E-state index in [-0.39, 0.29) is 11.8 Å². The summed E-state index contributed by atoms with van der Waals surface area (Å²) >= 11 is 3.26. The minimum absolute atomic E-state index is 0.00685. The third kappa shape index (κ3) is 2.39. The van der Waals surface area contributed by atoms with Gasteiger partial charge in [0.1, 0.15) is 5.76 Å². The van der Waals surface area contributed by atoms with E-state index in [1.54, 1.807) is 10.7 Å². The lowest BCUT2D eigenvalue weighted by Gasteiger charge is -2.06. The van der Waals surface area contributed by atoms with E-state index in [1.165, 1.54) is 0 Å². The molecule has 22 heavy (non-hydrogen) atoms. The summed E-state index contributed by atoms with van der Waals surface area (Å²) < 4.78 is 7.66. The molecule has 7 nitrogen and oxygen atoms in total. The van der Waals surface area contributed by atoms with Gasteiger partial charge in [-0.1, -0.05) is 0 Å². The van der Waals surface area contributed by atoms with Crippen LogP contribution in [0.25, 0.3) is 17.1 Å². The molecule has 3 aromatic rings. The fraction of sp³-hybridized carbons (Fsp3) is 0.286. The summed E-state index contributed by atoms with van der Waals surface area (Å²) in [5.41, 5.74) is 1.10. The van der Waals surface area contributed by atoms with Gasteiger partial charge < -0.3 is 9.73 Å². The van der Waals surface area contributed by atoms with Crippen molar-refractivity contribution in [3.05, 3.63) is 28.8 Å². The second-order valence-electron chi connectivity index (χ2n) is 5.30. The van der Waals surface area contributed by atoms with Gasteiger partial charge in [0.2, 0.25) is 10.6 Å². The molecule has 0 radical (unpaired) electrons. The van der Waals surface area contributed by atoms with Gasteiger partial charge in [0.25, 0.3) is 0 Å². The molecule has 1 saturated carbocycles. The van der Waals surface area contributed by atoms with Crippen molar-refractivity contribution in [3.8, 4) is 11.5 Å². The van der Waals surface area contributed by atoms with Crippen molar-refractivity contribution in [2.45, 2.75) is 19.8 Å². The number of aryl methyl sites for hydroxylation is 1. The zero-order valence-corrected chi connectivity index (χ0v) is 13.3. The number of fused-ring (bicyclic) bond motifs is 1. The van der Waals surface area contributed by atoms with Gasteiger partial charge in [-0.3, -0.25) is 4.79 Å². The molecule has 3 heterocycles. The highest BCUT2D eigenvalue weighted by Crippen LogP contribution is 2.31. The highest BCUT2D eigenvalue weighted by Gasteiger charge is 2.30. The minimum Gasteiger partial charge on any atom is -0.460 e. The fourth-order valence-electron chi connectivity index (χ4n) is 2.22. The van der Waals surface area contributed by atoms with Crippen LogP contribution in [0.4, 0.5) is 5.82 Å². The Hall–Kier alpha value is -2.22. The van der Waals surface area contributed by atoms with E-state index in [4.69, 9.17) is 4.42 Å². The Morgan fingerprint density at radius 2 is 2.23 bits per heavy atom. The molecule has 8 heteroatoms. The third-order valence-corrected chi connectivity index (χ3v) is 3.80. The van der Waals surface area contributed by atoms with E-state index in [0.717, 1.165) is 18.6 Å². The minimum atomic E-state index is -0.00685. The number of aromatic nitrogens is 4. The number of hydrogen-bond acceptors (Lipinski definition) is 5. The Morgan fingerprint density at radius 3 is 2.91 bits per heavy atom. The van der Waals surface area contributed by atoms with Gasteiger partial charge in [-0.05, 0) is 47.8 Å². The van der Waals surface area contributed by atoms with Crippen LogP contribution in [-0.2, 0) is 4.79 Å². The molecule has 1 aliphatic carbocycles. The van der Waals surface area contributed by atoms with Crippen LogP contribution in [0.1, 0.15) is 18.6 Å². The first-order chi connectivity index (χ1) is 10.6. The lowest BCUT2D eigenvalue weighted by atomic mass is 10.3. The van der Waals surface area contributed by atoms with Gasteiger partial charge in [-0.15, -0.1) is 5.10 Å². The number of furan rings is 1. The second-order valence-corrected chi connectivity index (χ2v) is 6.01. The summed E-state index contributed by atoms with van der Waals surface area (Å²) in [7, 11) is 0. The van der Waals surface area contributed by atoms with E-state index in [2.05, 4.69) is 36.3 Å². The van der Waals surface area contributed by atoms with Crippen molar-refractivity contribution in [1.82, 2.24) is 19.6 Å². The Bertz CT molecular complexity index is 881. The molecule has 0 spiro atoms. The number of halogens is 1. The number of carbonyl (C=O) groups is 1. The van der Waals surface area contributed by atoms with Crippen molar-refractivity contribution in [2.75, 3.05) is 5.32 Å². The number of amides is 1. The molecule has 0 bridgehead atoms. The molecule has 0 aliphatic heterocycles. The molecule has 0 aromatic carbocycles. The van der Waals surface area contributed by atoms with E-state index in [1.807, 2.05) is 19.1 Å². The summed E-state index contributed by atoms with van der Waals surface area (Å²) in [4.78, 5) is 20.7. The van der Waals surface area contributed by atoms with Crippen LogP contribution in [0.2, 0.25) is 0 Å². The van der Waals surface area contributed by atoms with E-state index < -0.39 is 0 Å². The number of nitrogens with one attached hydrogen (secondary N) is 1. The first kappa shape index (κ1) is 13.4. The van der Waals surface area contributed by atoms with Gasteiger partial charge in [0, 0.05) is 5.92 Å². The van der Waals surface area contributed by atoms with Crippen molar-refractivity contribution in [3.63, 3.8) is 0 Å². The fourth-order valence-corrected chi connectivity index (χ4v) is 2.56. The lowest BCUT2D eigenvalue weighted by molar-refractivity contribution is -0.117. The zero-order chi connectivity index (χ0) is 15.3. The quantitative estimate of drug-likeness (QED) is 0.775. The maximum Gasteiger partial charge on any atom is 0.228 e. The molecule has 0 atom stereocenters. The van der Waals surface area contributed by atoms with Gasteiger partial charge >= 0.3 is 0 Å². The lowest BCUT2D eigenvalue weighted by Crippen LogP contribution is -2.15. The highest BCUT2D eigenvalue weighted by molar-refractivity contribution is 9.10. The van der Waals surface area contributed by atoms with Gasteiger partial charge in [0.15, 0.2) is 22.9 Å². The summed E-state index contributed by atoms with van der Waals surface area (Å²) in [5, 5.41) is 7.05. The average molecular weight is 362 g/mol. The molecule has 1 amide bonds. The Morgan fingerprint density at radius 1 is 1.41 bits per heavy atom. The average Bonchev–Trinajstić information content (AvgIpc) is 3.13. The second kappa shape index (κ2) is 4.91. The smallest absolute Gasteiger partial charge is 0.228 e. The predicted octanol–water partition coefficient (Wildman–Crippen LogP) is 2.80. The van der Waals surface area contributed by atoms with E-state index in [0.29, 0.717) is 27.7 Å². The van der Waals surface area contributed by atoms with Gasteiger partial charge in [-0.25, -0.2) is 9.50 Å². The molecule has 1 N–H and O–H groups in total. The maximum absolute atomic E-state index is 11.9. The summed E-state index contributed by atoms with van der Waals surface area (Å²) in [6.07, 6.45) is 3.52. The topological polar surface area (TPSA) is 85.3 Å². The molecule has 0 unspecified atom stereocenters. The summed E-state index contributed by atoms with van der Waals surface area (Å²) in [6.45, 7) is 1.86. The van der Waals surface area contributed by atoms with Crippen LogP contribution in [0.15, 0.2) is 27.5 Å². The van der Waals surface area contributed by atoms with Crippen LogP contribution in [0, 0.1) is 12.8 Å². The molecule has 112 valence electrons. The molecule has 1 aliphatic rings. The Balaban J connectivity index is 1.83. The first-order valence-electron chi connectivity index (χ1n) is 6.91. The predicted molar refractivity (Wildman–Crippen MR) is 82.3 cm³/mol. The molecular formula is C14H12BrN5O2. The van der Waals surface area contributed by atoms with E-state index in [9.17, 15) is 4.79 Å². The number of carbonyl (C=O) groups excluding carboxylic acids is 1. The monoisotopic (exact) mass is 361 g/mol. The molecule has 3 aromatic heterocycles. The molecule has 1 fully saturated rings. The van der Waals surface area contributed by atoms with Crippen LogP contribution >= 0.6 is 15.9 Å². The Kier molecular flexibility index (Phi) is 3.00. The van der Waals surface area contributed by atoms with Crippen molar-refractivity contribution in [2.24, 2.45) is 5.92 Å². The largest absolute Gasteiger partial charge is 0.460 e. The van der Waals surface area contributed by atoms with Gasteiger partial charge in [-0.2, -0.15) is 4.98 Å². The zero-order valence-electron chi connectivity index (χ0n) is 11.7. The van der Waals surface area contributed by atoms with Crippen molar-refractivity contribution >= 4 is 33.3 Å². The van der Waals surface area contributed by atoms with Gasteiger partial charge in [0.05, 0.1) is 6.20 Å². The van der Waals surface area contributed by atoms with Crippen molar-refractivity contribution < 1.29 is 9.21 Å². The van der Waals surface area contributed by atoms with Crippen LogP contribution in [0.5, 0.6) is 0 Å². The number of hydrogen-bond donors (Lipinski definition) is 1. The van der Waals surface area contributed by atoms with Crippen LogP contribution in [0.3, 0.4) is 0 Å². The first-order valence-corrected chi connectivity index (χ1v) is 7.70. The highest BCUT2D eigenvalue weighted by atomic mass is 79.9. The number of anilines is 1. The van der Waals surface area contributed by atoms with Crippen LogP contribution < -0.4 is 5.32 Å². The van der Waals surface area contributed by atoms with E-state index >= 15 is 0 Å². The normalized spacial score (nSPS) is 14.5. The maximum atomic E-state index is 11.9. The summed E-state index contributed by atoms with van der Waals surface area (Å²) in [6, 6.07) is 3.68. The number of nitrogens with zero attached hydrogens (tertiary/aromatic N) is 4.